The Kier molecular flexibility index (Phi) is 1.58. The summed E-state index contributed by atoms with van der Waals surface area (Å²) < 4.78 is 0. The van der Waals surface area contributed by atoms with E-state index in [2.05, 4.69) is 0 Å². The fourth-order valence-corrected chi connectivity index (χ4v) is 0.906. The van der Waals surface area contributed by atoms with Gasteiger partial charge in [0, 0.05) is 6.42 Å². The fraction of sp³-hybridized carbons (Fsp3) is 0.857. The molecular formula is C7H12O2. The van der Waals surface area contributed by atoms with Crippen molar-refractivity contribution in [3.63, 3.8) is 0 Å². The van der Waals surface area contributed by atoms with E-state index in [0.29, 0.717) is 6.42 Å². The number of carbonyl (C=O) groups is 1. The average Bonchev–Trinajstić information content (AvgIpc) is 2.50. The van der Waals surface area contributed by atoms with Crippen LogP contribution < -0.4 is 0 Å². The van der Waals surface area contributed by atoms with Crippen molar-refractivity contribution in [2.75, 3.05) is 0 Å². The van der Waals surface area contributed by atoms with E-state index in [1.807, 2.05) is 6.92 Å². The van der Waals surface area contributed by atoms with Crippen LogP contribution in [0.2, 0.25) is 0 Å². The van der Waals surface area contributed by atoms with E-state index in [-0.39, 0.29) is 5.41 Å². The molecule has 0 spiro atoms. The van der Waals surface area contributed by atoms with Crippen molar-refractivity contribution in [1.82, 2.24) is 0 Å². The molecule has 2 heteroatoms. The van der Waals surface area contributed by atoms with Crippen molar-refractivity contribution >= 4 is 6.29 Å². The fourth-order valence-electron chi connectivity index (χ4n) is 0.906. The van der Waals surface area contributed by atoms with E-state index in [1.54, 1.807) is 0 Å². The molecule has 0 saturated heterocycles. The summed E-state index contributed by atoms with van der Waals surface area (Å²) in [6, 6.07) is 0. The van der Waals surface area contributed by atoms with Crippen LogP contribution in [0, 0.1) is 5.41 Å². The van der Waals surface area contributed by atoms with Crippen LogP contribution >= 0.6 is 0 Å². The molecule has 1 saturated carbocycles. The quantitative estimate of drug-likeness (QED) is 0.569. The van der Waals surface area contributed by atoms with E-state index < -0.39 is 6.10 Å². The molecule has 1 aliphatic carbocycles. The Labute approximate surface area is 54.9 Å². The Bertz CT molecular complexity index is 116. The largest absolute Gasteiger partial charge is 0.392 e. The highest BCUT2D eigenvalue weighted by Crippen LogP contribution is 2.48. The van der Waals surface area contributed by atoms with Crippen LogP contribution in [0.15, 0.2) is 0 Å². The molecule has 1 unspecified atom stereocenters. The summed E-state index contributed by atoms with van der Waals surface area (Å²) in [5.41, 5.74) is 0.0842. The van der Waals surface area contributed by atoms with Crippen LogP contribution in [0.3, 0.4) is 0 Å². The third-order valence-corrected chi connectivity index (χ3v) is 2.16. The van der Waals surface area contributed by atoms with Gasteiger partial charge in [-0.1, -0.05) is 6.92 Å². The average molecular weight is 128 g/mol. The van der Waals surface area contributed by atoms with Gasteiger partial charge in [-0.2, -0.15) is 0 Å². The summed E-state index contributed by atoms with van der Waals surface area (Å²) in [6.45, 7) is 2.02. The highest BCUT2D eigenvalue weighted by molar-refractivity contribution is 5.50. The first-order valence-electron chi connectivity index (χ1n) is 3.31. The maximum absolute atomic E-state index is 9.93. The second-order valence-corrected chi connectivity index (χ2v) is 3.07. The molecule has 0 amide bonds. The molecule has 0 radical (unpaired) electrons. The number of aliphatic hydroxyl groups excluding tert-OH is 1. The Morgan fingerprint density at radius 1 is 1.78 bits per heavy atom. The predicted molar refractivity (Wildman–Crippen MR) is 34.0 cm³/mol. The minimum absolute atomic E-state index is 0.0842. The van der Waals surface area contributed by atoms with Gasteiger partial charge >= 0.3 is 0 Å². The van der Waals surface area contributed by atoms with Gasteiger partial charge in [-0.05, 0) is 18.3 Å². The van der Waals surface area contributed by atoms with Gasteiger partial charge in [0.05, 0.1) is 6.10 Å². The molecule has 1 rings (SSSR count). The highest BCUT2D eigenvalue weighted by Gasteiger charge is 2.43. The van der Waals surface area contributed by atoms with Crippen LogP contribution in [-0.4, -0.2) is 17.5 Å². The molecule has 9 heavy (non-hydrogen) atoms. The molecule has 1 atom stereocenters. The Balaban J connectivity index is 2.32. The summed E-state index contributed by atoms with van der Waals surface area (Å²) in [5.74, 6) is 0. The first-order valence-corrected chi connectivity index (χ1v) is 3.31. The minimum Gasteiger partial charge on any atom is -0.392 e. The van der Waals surface area contributed by atoms with Crippen LogP contribution in [0.1, 0.15) is 26.2 Å². The van der Waals surface area contributed by atoms with Gasteiger partial charge in [-0.25, -0.2) is 0 Å². The van der Waals surface area contributed by atoms with E-state index in [9.17, 15) is 9.90 Å². The van der Waals surface area contributed by atoms with Crippen molar-refractivity contribution in [2.24, 2.45) is 5.41 Å². The normalized spacial score (nSPS) is 25.1. The van der Waals surface area contributed by atoms with Gasteiger partial charge < -0.3 is 9.90 Å². The summed E-state index contributed by atoms with van der Waals surface area (Å²) in [4.78, 5) is 9.93. The van der Waals surface area contributed by atoms with Crippen LogP contribution in [-0.2, 0) is 4.79 Å². The number of carbonyl (C=O) groups excluding carboxylic acids is 1. The zero-order chi connectivity index (χ0) is 6.91. The van der Waals surface area contributed by atoms with Crippen molar-refractivity contribution in [3.05, 3.63) is 0 Å². The summed E-state index contributed by atoms with van der Waals surface area (Å²) in [6.07, 6.45) is 2.84. The maximum atomic E-state index is 9.93. The van der Waals surface area contributed by atoms with E-state index in [1.165, 1.54) is 0 Å². The molecule has 0 aromatic rings. The molecule has 0 aliphatic heterocycles. The van der Waals surface area contributed by atoms with Crippen molar-refractivity contribution < 1.29 is 9.90 Å². The lowest BCUT2D eigenvalue weighted by atomic mass is 10.0. The van der Waals surface area contributed by atoms with Gasteiger partial charge in [-0.3, -0.25) is 0 Å². The molecule has 1 aliphatic rings. The number of hydrogen-bond donors (Lipinski definition) is 1. The van der Waals surface area contributed by atoms with E-state index in [4.69, 9.17) is 0 Å². The van der Waals surface area contributed by atoms with Crippen LogP contribution in [0.25, 0.3) is 0 Å². The Morgan fingerprint density at radius 2 is 2.33 bits per heavy atom. The number of hydrogen-bond acceptors (Lipinski definition) is 2. The first-order chi connectivity index (χ1) is 4.19. The third-order valence-electron chi connectivity index (χ3n) is 2.16. The van der Waals surface area contributed by atoms with Gasteiger partial charge in [0.15, 0.2) is 0 Å². The van der Waals surface area contributed by atoms with Crippen molar-refractivity contribution in [1.29, 1.82) is 0 Å². The first kappa shape index (κ1) is 6.75. The van der Waals surface area contributed by atoms with Gasteiger partial charge in [0.25, 0.3) is 0 Å². The molecule has 52 valence electrons. The molecule has 0 heterocycles. The van der Waals surface area contributed by atoms with Gasteiger partial charge in [0.2, 0.25) is 0 Å². The molecule has 1 N–H and O–H groups in total. The molecule has 0 aromatic carbocycles. The van der Waals surface area contributed by atoms with Crippen molar-refractivity contribution in [3.8, 4) is 0 Å². The van der Waals surface area contributed by atoms with Gasteiger partial charge in [-0.15, -0.1) is 0 Å². The summed E-state index contributed by atoms with van der Waals surface area (Å²) in [5, 5.41) is 9.22. The Morgan fingerprint density at radius 3 is 2.67 bits per heavy atom. The predicted octanol–water partition coefficient (Wildman–Crippen LogP) is 0.736. The van der Waals surface area contributed by atoms with Crippen LogP contribution in [0.5, 0.6) is 0 Å². The van der Waals surface area contributed by atoms with Crippen molar-refractivity contribution in [2.45, 2.75) is 32.3 Å². The lowest BCUT2D eigenvalue weighted by molar-refractivity contribution is -0.110. The van der Waals surface area contributed by atoms with Crippen LogP contribution in [0.4, 0.5) is 0 Å². The molecule has 0 bridgehead atoms. The smallest absolute Gasteiger partial charge is 0.122 e. The second kappa shape index (κ2) is 2.10. The van der Waals surface area contributed by atoms with Gasteiger partial charge in [0.1, 0.15) is 6.29 Å². The van der Waals surface area contributed by atoms with E-state index in [0.717, 1.165) is 19.1 Å². The highest BCUT2D eigenvalue weighted by atomic mass is 16.3. The monoisotopic (exact) mass is 128 g/mol. The SMILES string of the molecule is CC1(C(O)CC=O)CC1. The lowest BCUT2D eigenvalue weighted by Gasteiger charge is -2.13. The number of aliphatic hydroxyl groups is 1. The third kappa shape index (κ3) is 1.30. The topological polar surface area (TPSA) is 37.3 Å². The van der Waals surface area contributed by atoms with E-state index >= 15 is 0 Å². The molecule has 1 fully saturated rings. The molecule has 0 aromatic heterocycles. The zero-order valence-corrected chi connectivity index (χ0v) is 5.63. The number of aldehydes is 1. The summed E-state index contributed by atoms with van der Waals surface area (Å²) >= 11 is 0. The molecule has 2 nitrogen and oxygen atoms in total. The standard InChI is InChI=1S/C7H12O2/c1-7(3-4-7)6(9)2-5-8/h5-6,9H,2-4H2,1H3. The number of rotatable bonds is 3. The molecular weight excluding hydrogens is 116 g/mol. The zero-order valence-electron chi connectivity index (χ0n) is 5.63. The maximum Gasteiger partial charge on any atom is 0.122 e. The second-order valence-electron chi connectivity index (χ2n) is 3.07. The Hall–Kier alpha value is -0.370. The summed E-state index contributed by atoms with van der Waals surface area (Å²) in [7, 11) is 0. The minimum atomic E-state index is -0.394. The lowest BCUT2D eigenvalue weighted by Crippen LogP contribution is -2.18.